The zero-order valence-electron chi connectivity index (χ0n) is 16.6. The van der Waals surface area contributed by atoms with Crippen molar-refractivity contribution in [1.29, 1.82) is 0 Å². The molecule has 29 heavy (non-hydrogen) atoms. The highest BCUT2D eigenvalue weighted by Crippen LogP contribution is 2.21. The van der Waals surface area contributed by atoms with Crippen LogP contribution < -0.4 is 9.47 Å². The van der Waals surface area contributed by atoms with E-state index in [-0.39, 0.29) is 25.5 Å². The Kier molecular flexibility index (Phi) is 7.90. The molecule has 2 atom stereocenters. The van der Waals surface area contributed by atoms with Gasteiger partial charge in [0.1, 0.15) is 24.2 Å². The number of carbonyl (C=O) groups is 1. The van der Waals surface area contributed by atoms with Crippen molar-refractivity contribution >= 4 is 5.91 Å². The molecule has 0 saturated heterocycles. The average Bonchev–Trinajstić information content (AvgIpc) is 2.77. The molecule has 1 heterocycles. The molecule has 156 valence electrons. The maximum Gasteiger partial charge on any atom is 0.260 e. The standard InChI is InChI=1S/C23H29NO5/c25-20-13-15-24(23(27)17-28-19-10-2-1-3-11-19)14-7-6-9-18-8-4-5-12-22(18)29-16-21(20)26/h1-5,8,10-12,20-21,25-26H,6-7,9,13-17H2/t20-,21+/m0/s1. The highest BCUT2D eigenvalue weighted by atomic mass is 16.5. The van der Waals surface area contributed by atoms with Crippen molar-refractivity contribution in [2.75, 3.05) is 26.3 Å². The molecule has 2 aromatic rings. The predicted molar refractivity (Wildman–Crippen MR) is 110 cm³/mol. The number of nitrogens with zero attached hydrogens (tertiary/aromatic N) is 1. The summed E-state index contributed by atoms with van der Waals surface area (Å²) in [5.41, 5.74) is 1.07. The molecule has 0 aromatic heterocycles. The van der Waals surface area contributed by atoms with Crippen molar-refractivity contribution in [2.45, 2.75) is 37.9 Å². The molecule has 6 nitrogen and oxygen atoms in total. The highest BCUT2D eigenvalue weighted by Gasteiger charge is 2.22. The van der Waals surface area contributed by atoms with E-state index in [1.165, 1.54) is 0 Å². The van der Waals surface area contributed by atoms with Gasteiger partial charge in [0.2, 0.25) is 0 Å². The first-order chi connectivity index (χ1) is 14.1. The molecule has 1 amide bonds. The molecule has 3 rings (SSSR count). The second-order valence-corrected chi connectivity index (χ2v) is 7.28. The lowest BCUT2D eigenvalue weighted by molar-refractivity contribution is -0.134. The topological polar surface area (TPSA) is 79.2 Å². The van der Waals surface area contributed by atoms with Crippen LogP contribution in [0.15, 0.2) is 54.6 Å². The summed E-state index contributed by atoms with van der Waals surface area (Å²) in [5, 5.41) is 20.5. The second-order valence-electron chi connectivity index (χ2n) is 7.28. The molecule has 2 aromatic carbocycles. The quantitative estimate of drug-likeness (QED) is 0.829. The number of para-hydroxylation sites is 2. The van der Waals surface area contributed by atoms with Gasteiger partial charge in [-0.05, 0) is 49.4 Å². The average molecular weight is 399 g/mol. The number of rotatable bonds is 3. The SMILES string of the molecule is O=C(COc1ccccc1)N1CCCCc2ccccc2OC[C@@H](O)[C@@H](O)CC1. The van der Waals surface area contributed by atoms with Crippen LogP contribution in [0.25, 0.3) is 0 Å². The Labute approximate surface area is 171 Å². The maximum atomic E-state index is 12.7. The molecule has 0 fully saturated rings. The summed E-state index contributed by atoms with van der Waals surface area (Å²) in [7, 11) is 0. The number of aliphatic hydroxyl groups excluding tert-OH is 2. The van der Waals surface area contributed by atoms with Crippen molar-refractivity contribution in [3.63, 3.8) is 0 Å². The fraction of sp³-hybridized carbons (Fsp3) is 0.435. The van der Waals surface area contributed by atoms with Gasteiger partial charge >= 0.3 is 0 Å². The molecule has 1 aliphatic heterocycles. The number of benzene rings is 2. The zero-order valence-corrected chi connectivity index (χ0v) is 16.6. The summed E-state index contributed by atoms with van der Waals surface area (Å²) in [6, 6.07) is 17.0. The van der Waals surface area contributed by atoms with E-state index in [4.69, 9.17) is 9.47 Å². The Bertz CT molecular complexity index is 767. The second kappa shape index (κ2) is 10.8. The molecular formula is C23H29NO5. The Morgan fingerprint density at radius 1 is 1.00 bits per heavy atom. The number of aliphatic hydroxyl groups is 2. The van der Waals surface area contributed by atoms with Crippen LogP contribution in [0, 0.1) is 0 Å². The van der Waals surface area contributed by atoms with Gasteiger partial charge in [-0.2, -0.15) is 0 Å². The fourth-order valence-electron chi connectivity index (χ4n) is 3.35. The normalized spacial score (nSPS) is 21.0. The largest absolute Gasteiger partial charge is 0.491 e. The zero-order chi connectivity index (χ0) is 20.5. The molecule has 6 heteroatoms. The summed E-state index contributed by atoms with van der Waals surface area (Å²) in [5.74, 6) is 1.26. The van der Waals surface area contributed by atoms with E-state index in [9.17, 15) is 15.0 Å². The third-order valence-corrected chi connectivity index (χ3v) is 5.10. The Balaban J connectivity index is 1.63. The van der Waals surface area contributed by atoms with Gasteiger partial charge in [-0.25, -0.2) is 0 Å². The van der Waals surface area contributed by atoms with Crippen molar-refractivity contribution in [3.8, 4) is 11.5 Å². The minimum atomic E-state index is -1.01. The molecule has 2 N–H and O–H groups in total. The first-order valence-corrected chi connectivity index (χ1v) is 10.2. The lowest BCUT2D eigenvalue weighted by atomic mass is 10.1. The van der Waals surface area contributed by atoms with E-state index in [1.807, 2.05) is 54.6 Å². The third-order valence-electron chi connectivity index (χ3n) is 5.10. The summed E-state index contributed by atoms with van der Waals surface area (Å²) in [6.45, 7) is 0.919. The number of fused-ring (bicyclic) bond motifs is 1. The molecule has 0 aliphatic carbocycles. The van der Waals surface area contributed by atoms with Crippen molar-refractivity contribution in [3.05, 3.63) is 60.2 Å². The fourth-order valence-corrected chi connectivity index (χ4v) is 3.35. The van der Waals surface area contributed by atoms with Crippen LogP contribution in [0.5, 0.6) is 11.5 Å². The van der Waals surface area contributed by atoms with Gasteiger partial charge in [-0.15, -0.1) is 0 Å². The Morgan fingerprint density at radius 2 is 1.76 bits per heavy atom. The van der Waals surface area contributed by atoms with E-state index in [1.54, 1.807) is 4.90 Å². The van der Waals surface area contributed by atoms with Gasteiger partial charge in [-0.1, -0.05) is 36.4 Å². The number of carbonyl (C=O) groups excluding carboxylic acids is 1. The Morgan fingerprint density at radius 3 is 2.59 bits per heavy atom. The number of hydrogen-bond acceptors (Lipinski definition) is 5. The van der Waals surface area contributed by atoms with Crippen LogP contribution in [0.4, 0.5) is 0 Å². The number of aryl methyl sites for hydroxylation is 1. The lowest BCUT2D eigenvalue weighted by Crippen LogP contribution is -2.40. The van der Waals surface area contributed by atoms with Crippen molar-refractivity contribution in [1.82, 2.24) is 4.90 Å². The van der Waals surface area contributed by atoms with E-state index < -0.39 is 12.2 Å². The smallest absolute Gasteiger partial charge is 0.260 e. The molecule has 0 bridgehead atoms. The molecule has 1 aliphatic rings. The van der Waals surface area contributed by atoms with Crippen LogP contribution in [0.2, 0.25) is 0 Å². The molecular weight excluding hydrogens is 370 g/mol. The summed E-state index contributed by atoms with van der Waals surface area (Å²) in [4.78, 5) is 14.4. The van der Waals surface area contributed by atoms with Crippen molar-refractivity contribution < 1.29 is 24.5 Å². The van der Waals surface area contributed by atoms with Crippen molar-refractivity contribution in [2.24, 2.45) is 0 Å². The van der Waals surface area contributed by atoms with Gasteiger partial charge in [-0.3, -0.25) is 4.79 Å². The van der Waals surface area contributed by atoms with Gasteiger partial charge < -0.3 is 24.6 Å². The van der Waals surface area contributed by atoms with Crippen LogP contribution in [-0.4, -0.2) is 59.5 Å². The van der Waals surface area contributed by atoms with Crippen LogP contribution in [0.3, 0.4) is 0 Å². The summed E-state index contributed by atoms with van der Waals surface area (Å²) in [6.07, 6.45) is 0.883. The third kappa shape index (κ3) is 6.48. The molecule has 0 saturated carbocycles. The van der Waals surface area contributed by atoms with Crippen LogP contribution in [-0.2, 0) is 11.2 Å². The molecule has 0 radical (unpaired) electrons. The number of amides is 1. The van der Waals surface area contributed by atoms with E-state index in [0.29, 0.717) is 18.8 Å². The minimum Gasteiger partial charge on any atom is -0.491 e. The first kappa shape index (κ1) is 21.1. The predicted octanol–water partition coefficient (Wildman–Crippen LogP) is 2.42. The van der Waals surface area contributed by atoms with E-state index in [2.05, 4.69) is 0 Å². The van der Waals surface area contributed by atoms with Crippen LogP contribution >= 0.6 is 0 Å². The summed E-state index contributed by atoms with van der Waals surface area (Å²) >= 11 is 0. The molecule has 0 unspecified atom stereocenters. The van der Waals surface area contributed by atoms with Gasteiger partial charge in [0.05, 0.1) is 6.10 Å². The lowest BCUT2D eigenvalue weighted by Gasteiger charge is -2.25. The van der Waals surface area contributed by atoms with Gasteiger partial charge in [0.15, 0.2) is 6.61 Å². The number of ether oxygens (including phenoxy) is 2. The molecule has 0 spiro atoms. The summed E-state index contributed by atoms with van der Waals surface area (Å²) < 4.78 is 11.3. The highest BCUT2D eigenvalue weighted by molar-refractivity contribution is 5.77. The van der Waals surface area contributed by atoms with Gasteiger partial charge in [0.25, 0.3) is 5.91 Å². The first-order valence-electron chi connectivity index (χ1n) is 10.2. The van der Waals surface area contributed by atoms with E-state index >= 15 is 0 Å². The maximum absolute atomic E-state index is 12.7. The number of hydrogen-bond donors (Lipinski definition) is 2. The van der Waals surface area contributed by atoms with Gasteiger partial charge in [0, 0.05) is 13.1 Å². The van der Waals surface area contributed by atoms with E-state index in [0.717, 1.165) is 30.6 Å². The monoisotopic (exact) mass is 399 g/mol. The minimum absolute atomic E-state index is 0.0171. The van der Waals surface area contributed by atoms with Crippen LogP contribution in [0.1, 0.15) is 24.8 Å². The Hall–Kier alpha value is -2.57.